The molecule has 0 spiro atoms. The highest BCUT2D eigenvalue weighted by Crippen LogP contribution is 2.39. The minimum atomic E-state index is -0.387. The number of nitriles is 1. The van der Waals surface area contributed by atoms with Gasteiger partial charge in [0.1, 0.15) is 23.7 Å². The fourth-order valence-electron chi connectivity index (χ4n) is 4.91. The van der Waals surface area contributed by atoms with E-state index in [1.807, 2.05) is 43.3 Å². The Morgan fingerprint density at radius 3 is 2.75 bits per heavy atom. The molecule has 0 N–H and O–H groups in total. The first-order valence-electron chi connectivity index (χ1n) is 12.1. The normalized spacial score (nSPS) is 13.7. The molecule has 0 saturated carbocycles. The van der Waals surface area contributed by atoms with Gasteiger partial charge in [-0.05, 0) is 54.3 Å². The zero-order chi connectivity index (χ0) is 25.2. The molecule has 0 fully saturated rings. The second-order valence-corrected chi connectivity index (χ2v) is 8.92. The van der Waals surface area contributed by atoms with Gasteiger partial charge in [0.25, 0.3) is 0 Å². The molecule has 0 saturated heterocycles. The van der Waals surface area contributed by atoms with Gasteiger partial charge in [0, 0.05) is 29.7 Å². The van der Waals surface area contributed by atoms with Gasteiger partial charge < -0.3 is 14.0 Å². The molecule has 3 aromatic carbocycles. The Morgan fingerprint density at radius 1 is 1.14 bits per heavy atom. The van der Waals surface area contributed by atoms with Crippen molar-refractivity contribution in [3.05, 3.63) is 99.9 Å². The van der Waals surface area contributed by atoms with E-state index in [0.29, 0.717) is 29.8 Å². The summed E-state index contributed by atoms with van der Waals surface area (Å²) in [6.07, 6.45) is 1.74. The van der Waals surface area contributed by atoms with E-state index >= 15 is 0 Å². The number of imidazole rings is 1. The van der Waals surface area contributed by atoms with Gasteiger partial charge in [-0.15, -0.1) is 0 Å². The largest absolute Gasteiger partial charge is 0.488 e. The average molecular weight is 478 g/mol. The highest BCUT2D eigenvalue weighted by molar-refractivity contribution is 6.02. The lowest BCUT2D eigenvalue weighted by Gasteiger charge is -2.14. The zero-order valence-electron chi connectivity index (χ0n) is 20.7. The number of carbonyl (C=O) groups excluding carboxylic acids is 1. The number of para-hydroxylation sites is 2. The third kappa shape index (κ3) is 4.03. The summed E-state index contributed by atoms with van der Waals surface area (Å²) in [6.45, 7) is 4.99. The van der Waals surface area contributed by atoms with Gasteiger partial charge in [-0.25, -0.2) is 9.78 Å². The number of carbonyl (C=O) groups is 1. The Balaban J connectivity index is 1.60. The molecule has 1 aliphatic rings. The Labute approximate surface area is 210 Å². The molecular formula is C30H27N3O3. The van der Waals surface area contributed by atoms with E-state index in [4.69, 9.17) is 14.5 Å². The quantitative estimate of drug-likeness (QED) is 0.258. The van der Waals surface area contributed by atoms with E-state index < -0.39 is 0 Å². The van der Waals surface area contributed by atoms with Crippen LogP contribution in [0.5, 0.6) is 5.75 Å². The third-order valence-electron chi connectivity index (χ3n) is 6.60. The lowest BCUT2D eigenvalue weighted by atomic mass is 9.90. The topological polar surface area (TPSA) is 77.1 Å². The van der Waals surface area contributed by atoms with Crippen molar-refractivity contribution < 1.29 is 14.3 Å². The third-order valence-corrected chi connectivity index (χ3v) is 6.60. The van der Waals surface area contributed by atoms with Crippen LogP contribution in [0.1, 0.15) is 58.7 Å². The van der Waals surface area contributed by atoms with Crippen LogP contribution in [0.25, 0.3) is 16.6 Å². The van der Waals surface area contributed by atoms with Crippen LogP contribution in [0.15, 0.2) is 66.2 Å². The maximum absolute atomic E-state index is 12.3. The average Bonchev–Trinajstić information content (AvgIpc) is 3.15. The lowest BCUT2D eigenvalue weighted by molar-refractivity contribution is 0.0603. The van der Waals surface area contributed by atoms with Gasteiger partial charge in [0.05, 0.1) is 24.3 Å². The second kappa shape index (κ2) is 9.71. The maximum atomic E-state index is 12.3. The summed E-state index contributed by atoms with van der Waals surface area (Å²) in [6, 6.07) is 22.1. The van der Waals surface area contributed by atoms with Gasteiger partial charge in [-0.2, -0.15) is 5.26 Å². The van der Waals surface area contributed by atoms with E-state index in [2.05, 4.69) is 35.8 Å². The SMILES string of the molecule is CCCc1nc2c(C(=O)OC)cccc2n1Cc1ccc2c(c1)COc1ccccc1/C2=C(\C)C#N. The monoisotopic (exact) mass is 477 g/mol. The molecular weight excluding hydrogens is 450 g/mol. The number of hydrogen-bond acceptors (Lipinski definition) is 5. The fourth-order valence-corrected chi connectivity index (χ4v) is 4.91. The number of rotatable bonds is 5. The van der Waals surface area contributed by atoms with Crippen LogP contribution in [0, 0.1) is 11.3 Å². The first-order chi connectivity index (χ1) is 17.5. The van der Waals surface area contributed by atoms with Crippen molar-refractivity contribution in [2.45, 2.75) is 39.8 Å². The molecule has 4 aromatic rings. The molecule has 5 rings (SSSR count). The van der Waals surface area contributed by atoms with Crippen molar-refractivity contribution in [1.29, 1.82) is 5.26 Å². The number of allylic oxidation sites excluding steroid dienone is 1. The summed E-state index contributed by atoms with van der Waals surface area (Å²) in [5.41, 5.74) is 7.68. The minimum absolute atomic E-state index is 0.387. The predicted octanol–water partition coefficient (Wildman–Crippen LogP) is 6.06. The van der Waals surface area contributed by atoms with E-state index in [0.717, 1.165) is 57.8 Å². The lowest BCUT2D eigenvalue weighted by Crippen LogP contribution is -2.07. The molecule has 6 nitrogen and oxygen atoms in total. The van der Waals surface area contributed by atoms with Crippen molar-refractivity contribution in [1.82, 2.24) is 9.55 Å². The van der Waals surface area contributed by atoms with Gasteiger partial charge >= 0.3 is 5.97 Å². The molecule has 0 bridgehead atoms. The molecule has 0 aliphatic carbocycles. The maximum Gasteiger partial charge on any atom is 0.340 e. The molecule has 0 radical (unpaired) electrons. The summed E-state index contributed by atoms with van der Waals surface area (Å²) in [5.74, 6) is 1.33. The molecule has 2 heterocycles. The number of nitrogens with zero attached hydrogens (tertiary/aromatic N) is 3. The number of hydrogen-bond donors (Lipinski definition) is 0. The summed E-state index contributed by atoms with van der Waals surface area (Å²) in [4.78, 5) is 17.2. The van der Waals surface area contributed by atoms with Crippen LogP contribution in [0.4, 0.5) is 0 Å². The van der Waals surface area contributed by atoms with Crippen molar-refractivity contribution in [2.24, 2.45) is 0 Å². The Kier molecular flexibility index (Phi) is 6.30. The summed E-state index contributed by atoms with van der Waals surface area (Å²) >= 11 is 0. The zero-order valence-corrected chi connectivity index (χ0v) is 20.7. The predicted molar refractivity (Wildman–Crippen MR) is 139 cm³/mol. The smallest absolute Gasteiger partial charge is 0.340 e. The summed E-state index contributed by atoms with van der Waals surface area (Å²) in [7, 11) is 1.39. The second-order valence-electron chi connectivity index (χ2n) is 8.92. The van der Waals surface area contributed by atoms with Crippen molar-refractivity contribution >= 4 is 22.6 Å². The summed E-state index contributed by atoms with van der Waals surface area (Å²) < 4.78 is 13.3. The number of ether oxygens (including phenoxy) is 2. The van der Waals surface area contributed by atoms with Gasteiger partial charge in [0.15, 0.2) is 0 Å². The van der Waals surface area contributed by atoms with E-state index in [9.17, 15) is 10.1 Å². The number of aromatic nitrogens is 2. The number of benzene rings is 3. The highest BCUT2D eigenvalue weighted by Gasteiger charge is 2.22. The van der Waals surface area contributed by atoms with Crippen LogP contribution in [0.2, 0.25) is 0 Å². The molecule has 0 amide bonds. The van der Waals surface area contributed by atoms with Crippen molar-refractivity contribution in [3.8, 4) is 11.8 Å². The van der Waals surface area contributed by atoms with Crippen LogP contribution >= 0.6 is 0 Å². The van der Waals surface area contributed by atoms with Crippen LogP contribution in [-0.4, -0.2) is 22.6 Å². The number of esters is 1. The Hall–Kier alpha value is -4.37. The molecule has 180 valence electrons. The van der Waals surface area contributed by atoms with Gasteiger partial charge in [-0.1, -0.05) is 43.3 Å². The van der Waals surface area contributed by atoms with Crippen LogP contribution in [0.3, 0.4) is 0 Å². The molecule has 0 unspecified atom stereocenters. The number of methoxy groups -OCH3 is 1. The summed E-state index contributed by atoms with van der Waals surface area (Å²) in [5, 5.41) is 9.72. The van der Waals surface area contributed by atoms with E-state index in [1.165, 1.54) is 7.11 Å². The Morgan fingerprint density at radius 2 is 1.97 bits per heavy atom. The van der Waals surface area contributed by atoms with Crippen LogP contribution < -0.4 is 4.74 Å². The first kappa shape index (κ1) is 23.4. The van der Waals surface area contributed by atoms with E-state index in [-0.39, 0.29) is 5.97 Å². The molecule has 0 atom stereocenters. The highest BCUT2D eigenvalue weighted by atomic mass is 16.5. The molecule has 36 heavy (non-hydrogen) atoms. The number of fused-ring (bicyclic) bond motifs is 3. The first-order valence-corrected chi connectivity index (χ1v) is 12.1. The van der Waals surface area contributed by atoms with E-state index in [1.54, 1.807) is 6.07 Å². The minimum Gasteiger partial charge on any atom is -0.488 e. The molecule has 1 aromatic heterocycles. The van der Waals surface area contributed by atoms with Crippen molar-refractivity contribution in [3.63, 3.8) is 0 Å². The van der Waals surface area contributed by atoms with Crippen LogP contribution in [-0.2, 0) is 24.3 Å². The van der Waals surface area contributed by atoms with Crippen molar-refractivity contribution in [2.75, 3.05) is 7.11 Å². The number of aryl methyl sites for hydroxylation is 1. The molecule has 6 heteroatoms. The van der Waals surface area contributed by atoms with Gasteiger partial charge in [-0.3, -0.25) is 0 Å². The fraction of sp³-hybridized carbons (Fsp3) is 0.233. The Bertz CT molecular complexity index is 1560. The molecule has 1 aliphatic heterocycles. The standard InChI is InChI=1S/C30H27N3O3/c1-4-8-27-32-29-24(30(34)35-3)10-7-11-25(29)33(27)17-20-13-14-22-21(15-20)18-36-26-12-6-5-9-23(26)28(22)19(2)16-31/h5-7,9-15H,4,8,17-18H2,1-3H3/b28-19+. The van der Waals surface area contributed by atoms with Gasteiger partial charge in [0.2, 0.25) is 0 Å².